The van der Waals surface area contributed by atoms with E-state index in [-0.39, 0.29) is 5.91 Å². The number of amides is 1. The molecule has 2 rings (SSSR count). The maximum Gasteiger partial charge on any atom is 0.242 e. The fourth-order valence-corrected chi connectivity index (χ4v) is 2.86. The molecule has 116 valence electrons. The fourth-order valence-electron chi connectivity index (χ4n) is 2.86. The molecule has 0 atom stereocenters. The minimum atomic E-state index is -0.462. The topological polar surface area (TPSA) is 35.6 Å². The van der Waals surface area contributed by atoms with E-state index in [2.05, 4.69) is 34.5 Å². The molecule has 1 heterocycles. The Bertz CT molecular complexity index is 450. The number of benzene rings is 1. The summed E-state index contributed by atoms with van der Waals surface area (Å²) in [5.41, 5.74) is 0.876. The third kappa shape index (κ3) is 4.29. The lowest BCUT2D eigenvalue weighted by molar-refractivity contribution is -0.139. The molecule has 0 saturated carbocycles. The zero-order valence-corrected chi connectivity index (χ0v) is 13.4. The number of hydrogen-bond acceptors (Lipinski definition) is 3. The van der Waals surface area contributed by atoms with Gasteiger partial charge in [0, 0.05) is 32.7 Å². The Kier molecular flexibility index (Phi) is 5.37. The van der Waals surface area contributed by atoms with Crippen LogP contribution >= 0.6 is 0 Å². The van der Waals surface area contributed by atoms with E-state index in [0.29, 0.717) is 0 Å². The summed E-state index contributed by atoms with van der Waals surface area (Å²) in [4.78, 5) is 16.9. The Morgan fingerprint density at radius 1 is 1.14 bits per heavy atom. The predicted octanol–water partition coefficient (Wildman–Crippen LogP) is 1.72. The quantitative estimate of drug-likeness (QED) is 0.896. The van der Waals surface area contributed by atoms with Gasteiger partial charge in [0.25, 0.3) is 0 Å². The minimum Gasteiger partial charge on any atom is -0.339 e. The second-order valence-corrected chi connectivity index (χ2v) is 6.21. The zero-order chi connectivity index (χ0) is 15.3. The van der Waals surface area contributed by atoms with E-state index >= 15 is 0 Å². The van der Waals surface area contributed by atoms with Crippen molar-refractivity contribution in [1.29, 1.82) is 0 Å². The standard InChI is InChI=1S/C17H27N3O/c1-4-18-17(2,3)16(21)20-12-10-19(11-13-20)14-15-8-6-5-7-9-15/h5-9,18H,4,10-14H2,1-3H3. The Labute approximate surface area is 128 Å². The normalized spacial score (nSPS) is 17.0. The van der Waals surface area contributed by atoms with Crippen molar-refractivity contribution in [2.75, 3.05) is 32.7 Å². The molecule has 4 heteroatoms. The van der Waals surface area contributed by atoms with Crippen molar-refractivity contribution in [3.63, 3.8) is 0 Å². The van der Waals surface area contributed by atoms with Crippen LogP contribution in [0.4, 0.5) is 0 Å². The molecule has 1 fully saturated rings. The van der Waals surface area contributed by atoms with Crippen molar-refractivity contribution in [2.24, 2.45) is 0 Å². The van der Waals surface area contributed by atoms with Gasteiger partial charge in [-0.1, -0.05) is 37.3 Å². The molecule has 1 aromatic carbocycles. The Morgan fingerprint density at radius 2 is 1.76 bits per heavy atom. The van der Waals surface area contributed by atoms with Gasteiger partial charge in [0.1, 0.15) is 0 Å². The van der Waals surface area contributed by atoms with Crippen LogP contribution in [-0.4, -0.2) is 54.0 Å². The number of nitrogens with zero attached hydrogens (tertiary/aromatic N) is 2. The molecule has 1 N–H and O–H groups in total. The molecular weight excluding hydrogens is 262 g/mol. The summed E-state index contributed by atoms with van der Waals surface area (Å²) in [6, 6.07) is 10.5. The summed E-state index contributed by atoms with van der Waals surface area (Å²) in [5, 5.41) is 3.27. The van der Waals surface area contributed by atoms with Crippen LogP contribution in [0.5, 0.6) is 0 Å². The molecular formula is C17H27N3O. The lowest BCUT2D eigenvalue weighted by Crippen LogP contribution is -2.58. The van der Waals surface area contributed by atoms with Crippen molar-refractivity contribution >= 4 is 5.91 Å². The molecule has 0 aliphatic carbocycles. The van der Waals surface area contributed by atoms with Crippen molar-refractivity contribution in [3.05, 3.63) is 35.9 Å². The van der Waals surface area contributed by atoms with Gasteiger partial charge in [-0.05, 0) is 26.0 Å². The molecule has 1 aromatic rings. The first-order chi connectivity index (χ1) is 10.0. The molecule has 1 aliphatic rings. The van der Waals surface area contributed by atoms with E-state index in [4.69, 9.17) is 0 Å². The number of hydrogen-bond donors (Lipinski definition) is 1. The average molecular weight is 289 g/mol. The Hall–Kier alpha value is -1.39. The number of piperazine rings is 1. The van der Waals surface area contributed by atoms with Crippen LogP contribution in [0.3, 0.4) is 0 Å². The largest absolute Gasteiger partial charge is 0.339 e. The van der Waals surface area contributed by atoms with Gasteiger partial charge in [-0.25, -0.2) is 0 Å². The molecule has 1 aliphatic heterocycles. The smallest absolute Gasteiger partial charge is 0.242 e. The highest BCUT2D eigenvalue weighted by molar-refractivity contribution is 5.85. The lowest BCUT2D eigenvalue weighted by Gasteiger charge is -2.38. The van der Waals surface area contributed by atoms with E-state index in [1.165, 1.54) is 5.56 Å². The zero-order valence-electron chi connectivity index (χ0n) is 13.4. The third-order valence-electron chi connectivity index (χ3n) is 4.06. The molecule has 21 heavy (non-hydrogen) atoms. The summed E-state index contributed by atoms with van der Waals surface area (Å²) >= 11 is 0. The maximum absolute atomic E-state index is 12.5. The molecule has 0 bridgehead atoms. The number of nitrogens with one attached hydrogen (secondary N) is 1. The molecule has 0 aromatic heterocycles. The maximum atomic E-state index is 12.5. The summed E-state index contributed by atoms with van der Waals surface area (Å²) < 4.78 is 0. The van der Waals surface area contributed by atoms with Crippen LogP contribution in [0.2, 0.25) is 0 Å². The predicted molar refractivity (Wildman–Crippen MR) is 86.1 cm³/mol. The summed E-state index contributed by atoms with van der Waals surface area (Å²) in [6.07, 6.45) is 0. The number of likely N-dealkylation sites (N-methyl/N-ethyl adjacent to an activating group) is 1. The van der Waals surface area contributed by atoms with Crippen molar-refractivity contribution in [1.82, 2.24) is 15.1 Å². The monoisotopic (exact) mass is 289 g/mol. The lowest BCUT2D eigenvalue weighted by atomic mass is 10.0. The van der Waals surface area contributed by atoms with Gasteiger partial charge in [-0.3, -0.25) is 9.69 Å². The number of rotatable bonds is 5. The van der Waals surface area contributed by atoms with Gasteiger partial charge in [-0.2, -0.15) is 0 Å². The summed E-state index contributed by atoms with van der Waals surface area (Å²) in [5.74, 6) is 0.212. The minimum absolute atomic E-state index is 0.212. The van der Waals surface area contributed by atoms with E-state index in [9.17, 15) is 4.79 Å². The second kappa shape index (κ2) is 7.05. The fraction of sp³-hybridized carbons (Fsp3) is 0.588. The Morgan fingerprint density at radius 3 is 2.33 bits per heavy atom. The van der Waals surface area contributed by atoms with Crippen LogP contribution in [0, 0.1) is 0 Å². The molecule has 1 saturated heterocycles. The van der Waals surface area contributed by atoms with E-state index in [0.717, 1.165) is 39.3 Å². The molecule has 0 unspecified atom stereocenters. The average Bonchev–Trinajstić information content (AvgIpc) is 2.48. The Balaban J connectivity index is 1.84. The molecule has 4 nitrogen and oxygen atoms in total. The van der Waals surface area contributed by atoms with Crippen LogP contribution in [0.25, 0.3) is 0 Å². The van der Waals surface area contributed by atoms with Crippen LogP contribution in [-0.2, 0) is 11.3 Å². The first-order valence-corrected chi connectivity index (χ1v) is 7.83. The van der Waals surface area contributed by atoms with Crippen LogP contribution in [0.15, 0.2) is 30.3 Å². The van der Waals surface area contributed by atoms with Gasteiger partial charge in [0.05, 0.1) is 5.54 Å². The van der Waals surface area contributed by atoms with Gasteiger partial charge in [0.2, 0.25) is 5.91 Å². The van der Waals surface area contributed by atoms with Gasteiger partial charge in [-0.15, -0.1) is 0 Å². The van der Waals surface area contributed by atoms with E-state index in [1.54, 1.807) is 0 Å². The molecule has 0 spiro atoms. The first kappa shape index (κ1) is 16.0. The van der Waals surface area contributed by atoms with Gasteiger partial charge < -0.3 is 10.2 Å². The second-order valence-electron chi connectivity index (χ2n) is 6.21. The van der Waals surface area contributed by atoms with Crippen molar-refractivity contribution in [3.8, 4) is 0 Å². The first-order valence-electron chi connectivity index (χ1n) is 7.83. The number of carbonyl (C=O) groups excluding carboxylic acids is 1. The number of carbonyl (C=O) groups is 1. The molecule has 1 amide bonds. The highest BCUT2D eigenvalue weighted by Crippen LogP contribution is 2.13. The highest BCUT2D eigenvalue weighted by atomic mass is 16.2. The third-order valence-corrected chi connectivity index (χ3v) is 4.06. The van der Waals surface area contributed by atoms with Gasteiger partial charge >= 0.3 is 0 Å². The molecule has 0 radical (unpaired) electrons. The van der Waals surface area contributed by atoms with E-state index in [1.807, 2.05) is 31.7 Å². The van der Waals surface area contributed by atoms with Gasteiger partial charge in [0.15, 0.2) is 0 Å². The van der Waals surface area contributed by atoms with Crippen LogP contribution in [0.1, 0.15) is 26.3 Å². The van der Waals surface area contributed by atoms with Crippen molar-refractivity contribution in [2.45, 2.75) is 32.9 Å². The van der Waals surface area contributed by atoms with Crippen molar-refractivity contribution < 1.29 is 4.79 Å². The van der Waals surface area contributed by atoms with E-state index < -0.39 is 5.54 Å². The highest BCUT2D eigenvalue weighted by Gasteiger charge is 2.32. The summed E-state index contributed by atoms with van der Waals surface area (Å²) in [7, 11) is 0. The van der Waals surface area contributed by atoms with Crippen LogP contribution < -0.4 is 5.32 Å². The SMILES string of the molecule is CCNC(C)(C)C(=O)N1CCN(Cc2ccccc2)CC1. The summed E-state index contributed by atoms with van der Waals surface area (Å²) in [6.45, 7) is 11.3.